The van der Waals surface area contributed by atoms with Gasteiger partial charge >= 0.3 is 11.9 Å². The molecule has 0 aromatic heterocycles. The molecule has 2 unspecified atom stereocenters. The molecule has 0 saturated carbocycles. The van der Waals surface area contributed by atoms with Crippen molar-refractivity contribution in [3.63, 3.8) is 0 Å². The van der Waals surface area contributed by atoms with Crippen LogP contribution in [0.1, 0.15) is 316 Å². The molecule has 442 valence electrons. The number of carbonyl (C=O) groups excluding carboxylic acids is 2. The van der Waals surface area contributed by atoms with Gasteiger partial charge in [0.05, 0.1) is 27.7 Å². The van der Waals surface area contributed by atoms with E-state index in [1.54, 1.807) is 0 Å². The van der Waals surface area contributed by atoms with Gasteiger partial charge in [-0.15, -0.1) is 0 Å². The van der Waals surface area contributed by atoms with E-state index in [9.17, 15) is 19.0 Å². The number of phosphoric acid groups is 1. The number of ether oxygens (including phenoxy) is 2. The highest BCUT2D eigenvalue weighted by molar-refractivity contribution is 7.45. The van der Waals surface area contributed by atoms with Crippen LogP contribution in [0.3, 0.4) is 0 Å². The largest absolute Gasteiger partial charge is 0.756 e. The molecular formula is C65H124NO8P. The van der Waals surface area contributed by atoms with Crippen molar-refractivity contribution in [2.75, 3.05) is 47.5 Å². The van der Waals surface area contributed by atoms with Crippen LogP contribution >= 0.6 is 7.82 Å². The van der Waals surface area contributed by atoms with E-state index in [4.69, 9.17) is 18.5 Å². The van der Waals surface area contributed by atoms with E-state index in [2.05, 4.69) is 50.3 Å². The molecule has 0 aromatic rings. The van der Waals surface area contributed by atoms with Crippen molar-refractivity contribution in [2.24, 2.45) is 0 Å². The molecule has 0 spiro atoms. The number of esters is 2. The van der Waals surface area contributed by atoms with E-state index < -0.39 is 26.5 Å². The lowest BCUT2D eigenvalue weighted by atomic mass is 10.0. The summed E-state index contributed by atoms with van der Waals surface area (Å²) in [5.41, 5.74) is 0. The molecule has 0 fully saturated rings. The molecule has 0 heterocycles. The Morgan fingerprint density at radius 3 is 1.08 bits per heavy atom. The first-order valence-corrected chi connectivity index (χ1v) is 33.7. The van der Waals surface area contributed by atoms with Crippen LogP contribution in [0, 0.1) is 0 Å². The van der Waals surface area contributed by atoms with Crippen molar-refractivity contribution in [1.29, 1.82) is 0 Å². The Balaban J connectivity index is 3.98. The third-order valence-corrected chi connectivity index (χ3v) is 15.3. The molecule has 0 amide bonds. The van der Waals surface area contributed by atoms with E-state index in [1.165, 1.54) is 231 Å². The van der Waals surface area contributed by atoms with Crippen molar-refractivity contribution in [3.8, 4) is 0 Å². The lowest BCUT2D eigenvalue weighted by molar-refractivity contribution is -0.870. The second-order valence-corrected chi connectivity index (χ2v) is 24.5. The van der Waals surface area contributed by atoms with Crippen molar-refractivity contribution in [3.05, 3.63) is 36.5 Å². The summed E-state index contributed by atoms with van der Waals surface area (Å²) in [7, 11) is 1.17. The van der Waals surface area contributed by atoms with Crippen LogP contribution in [0.4, 0.5) is 0 Å². The molecule has 0 saturated heterocycles. The Morgan fingerprint density at radius 2 is 0.720 bits per heavy atom. The maximum atomic E-state index is 12.8. The molecule has 0 aliphatic carbocycles. The summed E-state index contributed by atoms with van der Waals surface area (Å²) in [6.07, 6.45) is 70.8. The minimum Gasteiger partial charge on any atom is -0.756 e. The minimum atomic E-state index is -4.64. The maximum Gasteiger partial charge on any atom is 0.306 e. The molecule has 10 heteroatoms. The van der Waals surface area contributed by atoms with Crippen LogP contribution in [-0.2, 0) is 32.7 Å². The topological polar surface area (TPSA) is 111 Å². The number of allylic oxidation sites excluding steroid dienone is 6. The molecule has 0 N–H and O–H groups in total. The number of quaternary nitrogens is 1. The summed E-state index contributed by atoms with van der Waals surface area (Å²) in [4.78, 5) is 37.9. The molecule has 9 nitrogen and oxygen atoms in total. The van der Waals surface area contributed by atoms with Gasteiger partial charge in [-0.25, -0.2) is 0 Å². The minimum absolute atomic E-state index is 0.0310. The van der Waals surface area contributed by atoms with Crippen LogP contribution in [0.5, 0.6) is 0 Å². The fourth-order valence-corrected chi connectivity index (χ4v) is 10.1. The standard InChI is InChI=1S/C65H124NO8P/c1-6-8-10-12-14-16-18-20-22-24-26-27-28-29-30-31-32-33-34-35-36-37-38-39-40-42-43-45-47-49-51-53-55-57-64(67)71-61-63(62-73-75(69,70)72-60-59-66(3,4)5)74-65(68)58-56-54-52-50-48-46-44-41-25-23-21-19-17-15-13-11-9-7-2/h17,19,23-26,63H,6-16,18,20-22,27-62H2,1-5H3/b19-17-,25-23-,26-24-. The lowest BCUT2D eigenvalue weighted by Crippen LogP contribution is -2.37. The fourth-order valence-electron chi connectivity index (χ4n) is 9.39. The zero-order valence-corrected chi connectivity index (χ0v) is 51.2. The monoisotopic (exact) mass is 1080 g/mol. The summed E-state index contributed by atoms with van der Waals surface area (Å²) < 4.78 is 34.2. The Hall–Kier alpha value is -1.77. The summed E-state index contributed by atoms with van der Waals surface area (Å²) in [6, 6.07) is 0. The highest BCUT2D eigenvalue weighted by atomic mass is 31.2. The lowest BCUT2D eigenvalue weighted by Gasteiger charge is -2.28. The van der Waals surface area contributed by atoms with Gasteiger partial charge in [0, 0.05) is 12.8 Å². The molecule has 0 aliphatic heterocycles. The van der Waals surface area contributed by atoms with Crippen LogP contribution in [-0.4, -0.2) is 70.0 Å². The van der Waals surface area contributed by atoms with Crippen molar-refractivity contribution < 1.29 is 42.1 Å². The van der Waals surface area contributed by atoms with E-state index in [0.29, 0.717) is 17.4 Å². The quantitative estimate of drug-likeness (QED) is 0.0195. The number of hydrogen-bond acceptors (Lipinski definition) is 8. The Morgan fingerprint density at radius 1 is 0.413 bits per heavy atom. The SMILES string of the molecule is CCCCCC/C=C\C/C=C\CCCCCCCCCC(=O)OC(COC(=O)CCCCCCCCCCCCCCCCCCCCCCC/C=C\CCCCCCCCCC)COP(=O)([O-])OCC[N+](C)(C)C. The Bertz CT molecular complexity index is 1360. The zero-order valence-electron chi connectivity index (χ0n) is 50.3. The smallest absolute Gasteiger partial charge is 0.306 e. The van der Waals surface area contributed by atoms with E-state index in [1.807, 2.05) is 21.1 Å². The predicted molar refractivity (Wildman–Crippen MR) is 319 cm³/mol. The van der Waals surface area contributed by atoms with Crippen LogP contribution in [0.25, 0.3) is 0 Å². The number of nitrogens with zero attached hydrogens (tertiary/aromatic N) is 1. The van der Waals surface area contributed by atoms with E-state index in [-0.39, 0.29) is 32.0 Å². The summed E-state index contributed by atoms with van der Waals surface area (Å²) >= 11 is 0. The first-order chi connectivity index (χ1) is 36.5. The van der Waals surface area contributed by atoms with Gasteiger partial charge in [-0.2, -0.15) is 0 Å². The van der Waals surface area contributed by atoms with Gasteiger partial charge in [-0.1, -0.05) is 269 Å². The molecule has 0 rings (SSSR count). The molecular weight excluding hydrogens is 954 g/mol. The number of unbranched alkanes of at least 4 members (excludes halogenated alkanes) is 40. The Kier molecular flexibility index (Phi) is 55.6. The zero-order chi connectivity index (χ0) is 54.9. The van der Waals surface area contributed by atoms with Crippen LogP contribution in [0.2, 0.25) is 0 Å². The van der Waals surface area contributed by atoms with Crippen molar-refractivity contribution in [1.82, 2.24) is 0 Å². The number of likely N-dealkylation sites (N-methyl/N-ethyl adjacent to an activating group) is 1. The second-order valence-electron chi connectivity index (χ2n) is 23.1. The number of hydrogen-bond donors (Lipinski definition) is 0. The normalized spacial score (nSPS) is 13.4. The van der Waals surface area contributed by atoms with Gasteiger partial charge in [0.1, 0.15) is 19.8 Å². The van der Waals surface area contributed by atoms with Crippen molar-refractivity contribution >= 4 is 19.8 Å². The van der Waals surface area contributed by atoms with Gasteiger partial charge in [0.25, 0.3) is 7.82 Å². The third-order valence-electron chi connectivity index (χ3n) is 14.4. The van der Waals surface area contributed by atoms with Crippen molar-refractivity contribution in [2.45, 2.75) is 322 Å². The second kappa shape index (κ2) is 56.9. The van der Waals surface area contributed by atoms with Gasteiger partial charge in [0.15, 0.2) is 6.10 Å². The maximum absolute atomic E-state index is 12.8. The first kappa shape index (κ1) is 73.2. The number of carbonyl (C=O) groups is 2. The first-order valence-electron chi connectivity index (χ1n) is 32.2. The van der Waals surface area contributed by atoms with Gasteiger partial charge in [0.2, 0.25) is 0 Å². The van der Waals surface area contributed by atoms with E-state index in [0.717, 1.165) is 51.4 Å². The molecule has 0 bridgehead atoms. The highest BCUT2D eigenvalue weighted by Crippen LogP contribution is 2.38. The summed E-state index contributed by atoms with van der Waals surface area (Å²) in [5, 5.41) is 0. The fraction of sp³-hybridized carbons (Fsp3) is 0.877. The summed E-state index contributed by atoms with van der Waals surface area (Å²) in [5.74, 6) is -0.828. The summed E-state index contributed by atoms with van der Waals surface area (Å²) in [6.45, 7) is 4.26. The van der Waals surface area contributed by atoms with Crippen LogP contribution < -0.4 is 4.89 Å². The molecule has 2 atom stereocenters. The average Bonchev–Trinajstić information content (AvgIpc) is 3.37. The van der Waals surface area contributed by atoms with Gasteiger partial charge in [-0.3, -0.25) is 14.2 Å². The highest BCUT2D eigenvalue weighted by Gasteiger charge is 2.22. The molecule has 0 aromatic carbocycles. The van der Waals surface area contributed by atoms with E-state index >= 15 is 0 Å². The van der Waals surface area contributed by atoms with Gasteiger partial charge in [-0.05, 0) is 70.6 Å². The molecule has 0 aliphatic rings. The third kappa shape index (κ3) is 61.3. The molecule has 0 radical (unpaired) electrons. The predicted octanol–water partition coefficient (Wildman–Crippen LogP) is 19.7. The van der Waals surface area contributed by atoms with Gasteiger partial charge < -0.3 is 27.9 Å². The average molecular weight is 1080 g/mol. The van der Waals surface area contributed by atoms with Crippen LogP contribution in [0.15, 0.2) is 36.5 Å². The molecule has 75 heavy (non-hydrogen) atoms. The number of rotatable bonds is 60. The Labute approximate surface area is 465 Å². The number of phosphoric ester groups is 1.